The maximum Gasteiger partial charge on any atom is 0.416 e. The molecular weight excluding hydrogens is 343 g/mol. The van der Waals surface area contributed by atoms with Crippen LogP contribution < -0.4 is 15.4 Å². The number of nitrogens with two attached hydrogens (primary N) is 1. The molecule has 0 bridgehead atoms. The van der Waals surface area contributed by atoms with Gasteiger partial charge >= 0.3 is 6.18 Å². The normalized spacial score (nSPS) is 16.5. The van der Waals surface area contributed by atoms with Crippen LogP contribution in [0.1, 0.15) is 22.6 Å². The fourth-order valence-corrected chi connectivity index (χ4v) is 2.93. The standard InChI is InChI=1S/C19H16F3N3O/c1-25(2)13-7-8-14-16(9-13)26-18(24)15(10-23)17(14)11-3-5-12(6-4-11)19(20,21)22/h3-9,17H,24H2,1-2H3/t17-/m0/s1. The molecule has 0 radical (unpaired) electrons. The molecule has 1 atom stereocenters. The largest absolute Gasteiger partial charge is 0.440 e. The lowest BCUT2D eigenvalue weighted by Crippen LogP contribution is -2.21. The number of benzene rings is 2. The second-order valence-electron chi connectivity index (χ2n) is 6.16. The van der Waals surface area contributed by atoms with E-state index in [1.165, 1.54) is 12.1 Å². The Bertz CT molecular complexity index is 909. The predicted molar refractivity (Wildman–Crippen MR) is 91.5 cm³/mol. The quantitative estimate of drug-likeness (QED) is 0.881. The number of halogens is 3. The van der Waals surface area contributed by atoms with Crippen LogP contribution in [0.2, 0.25) is 0 Å². The molecule has 0 fully saturated rings. The molecule has 0 aliphatic carbocycles. The zero-order valence-electron chi connectivity index (χ0n) is 14.1. The molecule has 0 spiro atoms. The molecule has 2 N–H and O–H groups in total. The summed E-state index contributed by atoms with van der Waals surface area (Å²) in [5, 5.41) is 9.49. The average molecular weight is 359 g/mol. The Hall–Kier alpha value is -3.14. The SMILES string of the molecule is CN(C)c1ccc2c(c1)OC(N)=C(C#N)[C@H]2c1ccc(C(F)(F)F)cc1. The Morgan fingerprint density at radius 2 is 1.77 bits per heavy atom. The van der Waals surface area contributed by atoms with Crippen molar-refractivity contribution in [2.75, 3.05) is 19.0 Å². The van der Waals surface area contributed by atoms with Crippen LogP contribution >= 0.6 is 0 Å². The number of allylic oxidation sites excluding steroid dienone is 1. The van der Waals surface area contributed by atoms with Crippen molar-refractivity contribution in [1.29, 1.82) is 5.26 Å². The molecule has 0 aromatic heterocycles. The summed E-state index contributed by atoms with van der Waals surface area (Å²) in [4.78, 5) is 1.89. The van der Waals surface area contributed by atoms with Crippen LogP contribution in [0.4, 0.5) is 18.9 Å². The summed E-state index contributed by atoms with van der Waals surface area (Å²) in [7, 11) is 3.75. The summed E-state index contributed by atoms with van der Waals surface area (Å²) < 4.78 is 44.0. The smallest absolute Gasteiger partial charge is 0.416 e. The van der Waals surface area contributed by atoms with Gasteiger partial charge in [-0.05, 0) is 23.8 Å². The van der Waals surface area contributed by atoms with Crippen molar-refractivity contribution < 1.29 is 17.9 Å². The highest BCUT2D eigenvalue weighted by Gasteiger charge is 2.33. The third-order valence-electron chi connectivity index (χ3n) is 4.29. The van der Waals surface area contributed by atoms with Gasteiger partial charge in [0.1, 0.15) is 17.4 Å². The minimum atomic E-state index is -4.42. The first-order valence-electron chi connectivity index (χ1n) is 7.78. The van der Waals surface area contributed by atoms with Crippen LogP contribution in [-0.2, 0) is 6.18 Å². The minimum Gasteiger partial charge on any atom is -0.440 e. The van der Waals surface area contributed by atoms with E-state index < -0.39 is 17.7 Å². The van der Waals surface area contributed by atoms with Gasteiger partial charge in [-0.1, -0.05) is 18.2 Å². The van der Waals surface area contributed by atoms with Crippen molar-refractivity contribution in [3.63, 3.8) is 0 Å². The van der Waals surface area contributed by atoms with Crippen molar-refractivity contribution in [2.24, 2.45) is 5.73 Å². The van der Waals surface area contributed by atoms with E-state index in [1.807, 2.05) is 31.1 Å². The van der Waals surface area contributed by atoms with Crippen LogP contribution in [0.5, 0.6) is 5.75 Å². The second kappa shape index (κ2) is 6.30. The lowest BCUT2D eigenvalue weighted by Gasteiger charge is -2.27. The Morgan fingerprint density at radius 3 is 2.31 bits per heavy atom. The van der Waals surface area contributed by atoms with E-state index in [-0.39, 0.29) is 11.5 Å². The Morgan fingerprint density at radius 1 is 1.12 bits per heavy atom. The van der Waals surface area contributed by atoms with Crippen molar-refractivity contribution in [3.05, 3.63) is 70.6 Å². The van der Waals surface area contributed by atoms with E-state index in [0.29, 0.717) is 16.9 Å². The molecule has 1 heterocycles. The highest BCUT2D eigenvalue weighted by molar-refractivity contribution is 5.61. The lowest BCUT2D eigenvalue weighted by atomic mass is 9.83. The van der Waals surface area contributed by atoms with E-state index in [4.69, 9.17) is 10.5 Å². The minimum absolute atomic E-state index is 0.0409. The summed E-state index contributed by atoms with van der Waals surface area (Å²) in [5.41, 5.74) is 7.43. The highest BCUT2D eigenvalue weighted by Crippen LogP contribution is 2.43. The molecule has 0 unspecified atom stereocenters. The summed E-state index contributed by atoms with van der Waals surface area (Å²) >= 11 is 0. The van der Waals surface area contributed by atoms with Gasteiger partial charge in [-0.3, -0.25) is 0 Å². The number of fused-ring (bicyclic) bond motifs is 1. The third-order valence-corrected chi connectivity index (χ3v) is 4.29. The van der Waals surface area contributed by atoms with E-state index in [2.05, 4.69) is 0 Å². The van der Waals surface area contributed by atoms with Gasteiger partial charge in [0.25, 0.3) is 0 Å². The molecule has 2 aromatic carbocycles. The molecule has 3 rings (SSSR count). The van der Waals surface area contributed by atoms with Gasteiger partial charge in [-0.15, -0.1) is 0 Å². The van der Waals surface area contributed by atoms with Gasteiger partial charge in [0.2, 0.25) is 5.88 Å². The fourth-order valence-electron chi connectivity index (χ4n) is 2.93. The third kappa shape index (κ3) is 3.06. The molecule has 0 saturated carbocycles. The number of anilines is 1. The van der Waals surface area contributed by atoms with Crippen molar-refractivity contribution in [3.8, 4) is 11.8 Å². The molecule has 26 heavy (non-hydrogen) atoms. The number of nitriles is 1. The first-order valence-corrected chi connectivity index (χ1v) is 7.78. The van der Waals surface area contributed by atoms with E-state index in [9.17, 15) is 18.4 Å². The molecule has 1 aliphatic rings. The second-order valence-corrected chi connectivity index (χ2v) is 6.16. The Labute approximate surface area is 148 Å². The molecule has 0 amide bonds. The summed E-state index contributed by atoms with van der Waals surface area (Å²) in [6, 6.07) is 12.2. The van der Waals surface area contributed by atoms with Crippen molar-refractivity contribution in [2.45, 2.75) is 12.1 Å². The van der Waals surface area contributed by atoms with Gasteiger partial charge in [0.15, 0.2) is 0 Å². The summed E-state index contributed by atoms with van der Waals surface area (Å²) in [6.07, 6.45) is -4.42. The van der Waals surface area contributed by atoms with E-state index >= 15 is 0 Å². The maximum absolute atomic E-state index is 12.8. The van der Waals surface area contributed by atoms with E-state index in [0.717, 1.165) is 17.8 Å². The number of ether oxygens (including phenoxy) is 1. The molecule has 2 aromatic rings. The molecule has 7 heteroatoms. The topological polar surface area (TPSA) is 62.3 Å². The van der Waals surface area contributed by atoms with Crippen LogP contribution in [0.3, 0.4) is 0 Å². The van der Waals surface area contributed by atoms with Crippen molar-refractivity contribution in [1.82, 2.24) is 0 Å². The van der Waals surface area contributed by atoms with Gasteiger partial charge < -0.3 is 15.4 Å². The first kappa shape index (κ1) is 17.7. The summed E-state index contributed by atoms with van der Waals surface area (Å²) in [5.74, 6) is -0.138. The Balaban J connectivity index is 2.12. The fraction of sp³-hybridized carbons (Fsp3) is 0.211. The molecule has 134 valence electrons. The number of hydrogen-bond acceptors (Lipinski definition) is 4. The number of alkyl halides is 3. The molecule has 4 nitrogen and oxygen atoms in total. The van der Waals surface area contributed by atoms with E-state index in [1.54, 1.807) is 12.1 Å². The molecule has 1 aliphatic heterocycles. The van der Waals surface area contributed by atoms with Gasteiger partial charge in [0, 0.05) is 31.4 Å². The zero-order valence-corrected chi connectivity index (χ0v) is 14.1. The Kier molecular flexibility index (Phi) is 4.28. The van der Waals surface area contributed by atoms with Gasteiger partial charge in [-0.25, -0.2) is 0 Å². The van der Waals surface area contributed by atoms with Crippen LogP contribution in [-0.4, -0.2) is 14.1 Å². The molecule has 0 saturated heterocycles. The maximum atomic E-state index is 12.8. The van der Waals surface area contributed by atoms with Crippen molar-refractivity contribution >= 4 is 5.69 Å². The predicted octanol–water partition coefficient (Wildman–Crippen LogP) is 3.99. The number of rotatable bonds is 2. The number of nitrogens with zero attached hydrogens (tertiary/aromatic N) is 2. The van der Waals surface area contributed by atoms with Gasteiger partial charge in [-0.2, -0.15) is 18.4 Å². The lowest BCUT2D eigenvalue weighted by molar-refractivity contribution is -0.137. The monoisotopic (exact) mass is 359 g/mol. The van der Waals surface area contributed by atoms with Crippen LogP contribution in [0, 0.1) is 11.3 Å². The first-order chi connectivity index (χ1) is 12.2. The number of hydrogen-bond donors (Lipinski definition) is 1. The average Bonchev–Trinajstić information content (AvgIpc) is 2.59. The van der Waals surface area contributed by atoms with Gasteiger partial charge in [0.05, 0.1) is 11.5 Å². The molecular formula is C19H16F3N3O. The summed E-state index contributed by atoms with van der Waals surface area (Å²) in [6.45, 7) is 0. The van der Waals surface area contributed by atoms with Crippen LogP contribution in [0.15, 0.2) is 53.9 Å². The zero-order chi connectivity index (χ0) is 19.1. The highest BCUT2D eigenvalue weighted by atomic mass is 19.4. The van der Waals surface area contributed by atoms with Crippen LogP contribution in [0.25, 0.3) is 0 Å².